The number of aryl methyl sites for hydroxylation is 1. The Morgan fingerprint density at radius 2 is 1.97 bits per heavy atom. The number of piperidine rings is 1. The third kappa shape index (κ3) is 4.71. The molecule has 1 saturated heterocycles. The van der Waals surface area contributed by atoms with Crippen molar-refractivity contribution in [3.63, 3.8) is 0 Å². The van der Waals surface area contributed by atoms with Gasteiger partial charge in [0.25, 0.3) is 11.8 Å². The van der Waals surface area contributed by atoms with Crippen LogP contribution >= 0.6 is 0 Å². The van der Waals surface area contributed by atoms with Crippen LogP contribution in [0.2, 0.25) is 0 Å². The molecule has 0 aliphatic carbocycles. The van der Waals surface area contributed by atoms with Crippen molar-refractivity contribution in [2.45, 2.75) is 26.2 Å². The first kappa shape index (κ1) is 20.9. The van der Waals surface area contributed by atoms with Gasteiger partial charge in [-0.2, -0.15) is 0 Å². The van der Waals surface area contributed by atoms with Gasteiger partial charge in [-0.1, -0.05) is 18.2 Å². The van der Waals surface area contributed by atoms with E-state index in [0.29, 0.717) is 29.5 Å². The van der Waals surface area contributed by atoms with Crippen LogP contribution in [-0.4, -0.2) is 63.8 Å². The summed E-state index contributed by atoms with van der Waals surface area (Å²) in [5.74, 6) is 0.776. The second kappa shape index (κ2) is 8.79. The summed E-state index contributed by atoms with van der Waals surface area (Å²) in [5, 5.41) is 0.969. The van der Waals surface area contributed by atoms with Crippen LogP contribution in [0.4, 0.5) is 0 Å². The third-order valence-corrected chi connectivity index (χ3v) is 5.66. The predicted octanol–water partition coefficient (Wildman–Crippen LogP) is 3.13. The van der Waals surface area contributed by atoms with E-state index in [-0.39, 0.29) is 11.8 Å². The number of likely N-dealkylation sites (tertiary alicyclic amines) is 1. The summed E-state index contributed by atoms with van der Waals surface area (Å²) >= 11 is 0. The van der Waals surface area contributed by atoms with E-state index in [9.17, 15) is 9.59 Å². The van der Waals surface area contributed by atoms with E-state index in [1.54, 1.807) is 33.3 Å². The molecule has 2 amide bonds. The lowest BCUT2D eigenvalue weighted by molar-refractivity contribution is 0.0672. The van der Waals surface area contributed by atoms with E-state index in [2.05, 4.69) is 15.0 Å². The van der Waals surface area contributed by atoms with Crippen molar-refractivity contribution in [1.29, 1.82) is 0 Å². The molecule has 0 spiro atoms. The summed E-state index contributed by atoms with van der Waals surface area (Å²) in [6.45, 7) is 3.22. The zero-order chi connectivity index (χ0) is 22.0. The summed E-state index contributed by atoms with van der Waals surface area (Å²) in [6.07, 6.45) is 4.36. The normalized spacial score (nSPS) is 16.4. The van der Waals surface area contributed by atoms with E-state index in [4.69, 9.17) is 0 Å². The molecule has 4 rings (SSSR count). The highest BCUT2D eigenvalue weighted by molar-refractivity contribution is 5.97. The van der Waals surface area contributed by atoms with Crippen LogP contribution < -0.4 is 0 Å². The fraction of sp³-hybridized carbons (Fsp3) is 0.375. The molecule has 7 nitrogen and oxygen atoms in total. The van der Waals surface area contributed by atoms with Crippen molar-refractivity contribution >= 4 is 22.7 Å². The standard InChI is InChI=1S/C24H27N5O2/c1-16-26-20(13-22(27-16)24(31)28(2)3)11-17-7-6-10-29(15-17)23(30)19-12-18-8-4-5-9-21(18)25-14-19/h4-5,8-9,12-14,17H,6-7,10-11,15H2,1-3H3/t17-/m1/s1. The lowest BCUT2D eigenvalue weighted by Crippen LogP contribution is -2.40. The predicted molar refractivity (Wildman–Crippen MR) is 119 cm³/mol. The van der Waals surface area contributed by atoms with Crippen molar-refractivity contribution in [2.75, 3.05) is 27.2 Å². The van der Waals surface area contributed by atoms with E-state index < -0.39 is 0 Å². The van der Waals surface area contributed by atoms with Crippen LogP contribution in [0.1, 0.15) is 45.2 Å². The zero-order valence-corrected chi connectivity index (χ0v) is 18.2. The monoisotopic (exact) mass is 417 g/mol. The lowest BCUT2D eigenvalue weighted by Gasteiger charge is -2.32. The molecule has 160 valence electrons. The van der Waals surface area contributed by atoms with Gasteiger partial charge in [-0.25, -0.2) is 9.97 Å². The van der Waals surface area contributed by atoms with Gasteiger partial charge >= 0.3 is 0 Å². The van der Waals surface area contributed by atoms with Gasteiger partial charge in [0, 0.05) is 44.5 Å². The SMILES string of the molecule is Cc1nc(C[C@H]2CCCN(C(=O)c3cnc4ccccc4c3)C2)cc(C(=O)N(C)C)n1. The maximum atomic E-state index is 13.1. The molecule has 0 radical (unpaired) electrons. The minimum absolute atomic E-state index is 0.0188. The Labute approximate surface area is 182 Å². The largest absolute Gasteiger partial charge is 0.343 e. The maximum Gasteiger partial charge on any atom is 0.272 e. The zero-order valence-electron chi connectivity index (χ0n) is 18.2. The Morgan fingerprint density at radius 3 is 2.77 bits per heavy atom. The maximum absolute atomic E-state index is 13.1. The van der Waals surface area contributed by atoms with Gasteiger partial charge in [0.05, 0.1) is 11.1 Å². The third-order valence-electron chi connectivity index (χ3n) is 5.66. The van der Waals surface area contributed by atoms with Gasteiger partial charge in [-0.3, -0.25) is 14.6 Å². The fourth-order valence-corrected chi connectivity index (χ4v) is 4.16. The molecule has 0 N–H and O–H groups in total. The highest BCUT2D eigenvalue weighted by Crippen LogP contribution is 2.23. The van der Waals surface area contributed by atoms with Crippen molar-refractivity contribution in [3.05, 3.63) is 65.4 Å². The molecule has 31 heavy (non-hydrogen) atoms. The minimum atomic E-state index is -0.129. The van der Waals surface area contributed by atoms with E-state index in [1.807, 2.05) is 35.2 Å². The fourth-order valence-electron chi connectivity index (χ4n) is 4.16. The van der Waals surface area contributed by atoms with E-state index in [1.165, 1.54) is 4.90 Å². The van der Waals surface area contributed by atoms with Crippen LogP contribution in [0, 0.1) is 12.8 Å². The highest BCUT2D eigenvalue weighted by atomic mass is 16.2. The molecule has 1 atom stereocenters. The van der Waals surface area contributed by atoms with Crippen LogP contribution in [0.3, 0.4) is 0 Å². The highest BCUT2D eigenvalue weighted by Gasteiger charge is 2.26. The molecule has 1 aromatic carbocycles. The summed E-state index contributed by atoms with van der Waals surface area (Å²) in [5.41, 5.74) is 2.77. The van der Waals surface area contributed by atoms with Gasteiger partial charge < -0.3 is 9.80 Å². The summed E-state index contributed by atoms with van der Waals surface area (Å²) in [7, 11) is 3.43. The Balaban J connectivity index is 1.48. The Kier molecular flexibility index (Phi) is 5.93. The molecule has 2 aromatic heterocycles. The molecule has 1 fully saturated rings. The Bertz CT molecular complexity index is 1130. The van der Waals surface area contributed by atoms with Gasteiger partial charge in [-0.15, -0.1) is 0 Å². The quantitative estimate of drug-likeness (QED) is 0.652. The van der Waals surface area contributed by atoms with E-state index in [0.717, 1.165) is 42.4 Å². The van der Waals surface area contributed by atoms with Crippen molar-refractivity contribution in [3.8, 4) is 0 Å². The van der Waals surface area contributed by atoms with Crippen molar-refractivity contribution < 1.29 is 9.59 Å². The van der Waals surface area contributed by atoms with Crippen LogP contribution in [0.25, 0.3) is 10.9 Å². The molecule has 1 aliphatic rings. The van der Waals surface area contributed by atoms with Crippen molar-refractivity contribution in [1.82, 2.24) is 24.8 Å². The van der Waals surface area contributed by atoms with Gasteiger partial charge in [-0.05, 0) is 50.3 Å². The van der Waals surface area contributed by atoms with Gasteiger partial charge in [0.2, 0.25) is 0 Å². The number of pyridine rings is 1. The first-order valence-electron chi connectivity index (χ1n) is 10.6. The number of benzene rings is 1. The second-order valence-electron chi connectivity index (χ2n) is 8.37. The first-order valence-corrected chi connectivity index (χ1v) is 10.6. The van der Waals surface area contributed by atoms with Crippen LogP contribution in [0.5, 0.6) is 0 Å². The van der Waals surface area contributed by atoms with Crippen molar-refractivity contribution in [2.24, 2.45) is 5.92 Å². The molecule has 1 aliphatic heterocycles. The number of carbonyl (C=O) groups is 2. The Hall–Kier alpha value is -3.35. The second-order valence-corrected chi connectivity index (χ2v) is 8.37. The molecular weight excluding hydrogens is 390 g/mol. The van der Waals surface area contributed by atoms with Gasteiger partial charge in [0.1, 0.15) is 11.5 Å². The number of amides is 2. The molecule has 3 heterocycles. The van der Waals surface area contributed by atoms with Crippen LogP contribution in [-0.2, 0) is 6.42 Å². The number of para-hydroxylation sites is 1. The molecule has 7 heteroatoms. The minimum Gasteiger partial charge on any atom is -0.343 e. The molecule has 0 saturated carbocycles. The average Bonchev–Trinajstić information content (AvgIpc) is 2.77. The summed E-state index contributed by atoms with van der Waals surface area (Å²) in [6, 6.07) is 11.5. The summed E-state index contributed by atoms with van der Waals surface area (Å²) < 4.78 is 0. The summed E-state index contributed by atoms with van der Waals surface area (Å²) in [4.78, 5) is 42.1. The Morgan fingerprint density at radius 1 is 1.16 bits per heavy atom. The first-order chi connectivity index (χ1) is 14.9. The number of hydrogen-bond acceptors (Lipinski definition) is 5. The number of nitrogens with zero attached hydrogens (tertiary/aromatic N) is 5. The van der Waals surface area contributed by atoms with Gasteiger partial charge in [0.15, 0.2) is 0 Å². The lowest BCUT2D eigenvalue weighted by atomic mass is 9.92. The molecule has 3 aromatic rings. The average molecular weight is 418 g/mol. The van der Waals surface area contributed by atoms with E-state index >= 15 is 0 Å². The smallest absolute Gasteiger partial charge is 0.272 e. The number of carbonyl (C=O) groups excluding carboxylic acids is 2. The molecule has 0 unspecified atom stereocenters. The topological polar surface area (TPSA) is 79.3 Å². The molecular formula is C24H27N5O2. The number of hydrogen-bond donors (Lipinski definition) is 0. The van der Waals surface area contributed by atoms with Crippen LogP contribution in [0.15, 0.2) is 42.6 Å². The number of fused-ring (bicyclic) bond motifs is 1. The number of aromatic nitrogens is 3. The number of rotatable bonds is 4. The molecule has 0 bridgehead atoms.